The third kappa shape index (κ3) is 7.93. The van der Waals surface area contributed by atoms with Gasteiger partial charge in [-0.15, -0.1) is 0 Å². The van der Waals surface area contributed by atoms with Crippen molar-refractivity contribution in [1.29, 1.82) is 0 Å². The molecule has 0 bridgehead atoms. The van der Waals surface area contributed by atoms with Gasteiger partial charge in [-0.05, 0) is 24.5 Å². The lowest BCUT2D eigenvalue weighted by atomic mass is 9.96. The summed E-state index contributed by atoms with van der Waals surface area (Å²) in [6.45, 7) is 19.5. The van der Waals surface area contributed by atoms with Crippen molar-refractivity contribution in [2.75, 3.05) is 66.0 Å². The van der Waals surface area contributed by atoms with Gasteiger partial charge in [-0.1, -0.05) is 68.1 Å². The maximum atomic E-state index is 5.84. The molecule has 1 saturated heterocycles. The van der Waals surface area contributed by atoms with Gasteiger partial charge in [0.15, 0.2) is 6.29 Å². The topological polar surface area (TPSA) is 69.2 Å². The van der Waals surface area contributed by atoms with Crippen molar-refractivity contribution in [2.24, 2.45) is 15.7 Å². The van der Waals surface area contributed by atoms with Crippen molar-refractivity contribution >= 4 is 17.1 Å². The van der Waals surface area contributed by atoms with Crippen molar-refractivity contribution < 1.29 is 4.48 Å². The third-order valence-electron chi connectivity index (χ3n) is 8.29. The zero-order valence-electron chi connectivity index (χ0n) is 24.3. The van der Waals surface area contributed by atoms with E-state index in [1.807, 2.05) is 18.2 Å². The van der Waals surface area contributed by atoms with Gasteiger partial charge in [-0.3, -0.25) is 15.1 Å². The molecule has 39 heavy (non-hydrogen) atoms. The van der Waals surface area contributed by atoms with Crippen molar-refractivity contribution in [3.05, 3.63) is 77.9 Å². The van der Waals surface area contributed by atoms with Crippen LogP contribution in [0, 0.1) is 0 Å². The summed E-state index contributed by atoms with van der Waals surface area (Å²) in [6, 6.07) is 18.6. The Kier molecular flexibility index (Phi) is 10.6. The van der Waals surface area contributed by atoms with Crippen LogP contribution in [0.1, 0.15) is 43.4 Å². The van der Waals surface area contributed by atoms with Crippen molar-refractivity contribution in [1.82, 2.24) is 15.1 Å². The number of nitrogens with zero attached hydrogens (tertiary/aromatic N) is 5. The number of likely N-dealkylation sites (N-methyl/N-ethyl adjacent to an activating group) is 1. The Hall–Kier alpha value is -2.68. The molecule has 0 spiro atoms. The molecule has 1 fully saturated rings. The smallest absolute Gasteiger partial charge is 0.158 e. The zero-order valence-corrected chi connectivity index (χ0v) is 24.3. The predicted molar refractivity (Wildman–Crippen MR) is 165 cm³/mol. The lowest BCUT2D eigenvalue weighted by molar-refractivity contribution is -0.907. The van der Waals surface area contributed by atoms with Gasteiger partial charge < -0.3 is 10.2 Å². The standard InChI is InChI=1S/C32H48N7/c1-5-23-39(4,6-2)24-22-37-18-20-38(21-19-37)32-34-17-16-30(36-32)35-31(26(3)28-10-8-7-9-11-28)29-14-12-27(25-33)13-15-29/h7-15,32,34H,3,5-6,16-25,33H2,1-2,4H3/q+1. The van der Waals surface area contributed by atoms with E-state index in [2.05, 4.69) is 79.0 Å². The molecule has 0 radical (unpaired) electrons. The zero-order chi connectivity index (χ0) is 27.7. The van der Waals surface area contributed by atoms with Crippen LogP contribution in [0.15, 0.2) is 71.2 Å². The van der Waals surface area contributed by atoms with Crippen molar-refractivity contribution in [3.63, 3.8) is 0 Å². The van der Waals surface area contributed by atoms with Gasteiger partial charge in [0, 0.05) is 63.4 Å². The molecule has 7 heteroatoms. The minimum Gasteiger partial charge on any atom is -0.326 e. The number of allylic oxidation sites excluding steroid dienone is 1. The first-order valence-corrected chi connectivity index (χ1v) is 14.7. The molecular weight excluding hydrogens is 482 g/mol. The molecule has 2 unspecified atom stereocenters. The molecule has 4 rings (SSSR count). The Balaban J connectivity index is 1.46. The summed E-state index contributed by atoms with van der Waals surface area (Å²) >= 11 is 0. The molecule has 0 amide bonds. The van der Waals surface area contributed by atoms with E-state index in [1.54, 1.807) is 0 Å². The van der Waals surface area contributed by atoms with Gasteiger partial charge in [0.25, 0.3) is 0 Å². The van der Waals surface area contributed by atoms with Crippen LogP contribution >= 0.6 is 0 Å². The molecule has 2 heterocycles. The Morgan fingerprint density at radius 3 is 2.38 bits per heavy atom. The number of aliphatic imine (C=N–C) groups is 2. The van der Waals surface area contributed by atoms with Crippen LogP contribution in [0.2, 0.25) is 0 Å². The van der Waals surface area contributed by atoms with E-state index in [0.717, 1.165) is 77.4 Å². The van der Waals surface area contributed by atoms with Gasteiger partial charge in [0.2, 0.25) is 0 Å². The van der Waals surface area contributed by atoms with E-state index in [-0.39, 0.29) is 6.29 Å². The summed E-state index contributed by atoms with van der Waals surface area (Å²) in [5.74, 6) is 0.881. The average Bonchev–Trinajstić information content (AvgIpc) is 2.99. The van der Waals surface area contributed by atoms with Gasteiger partial charge in [-0.25, -0.2) is 9.98 Å². The van der Waals surface area contributed by atoms with Crippen LogP contribution in [0.25, 0.3) is 5.57 Å². The number of benzene rings is 2. The average molecular weight is 531 g/mol. The first-order valence-electron chi connectivity index (χ1n) is 14.7. The van der Waals surface area contributed by atoms with Gasteiger partial charge in [0.05, 0.1) is 32.4 Å². The fraction of sp³-hybridized carbons (Fsp3) is 0.500. The SMILES string of the molecule is C=C(C(=NC1=NC(N2CCN(CC[N+](C)(CC)CCC)CC2)NCC1)c1ccc(CN)cc1)c1ccccc1. The molecule has 2 aromatic rings. The van der Waals surface area contributed by atoms with Crippen LogP contribution < -0.4 is 11.1 Å². The Labute approximate surface area is 235 Å². The largest absolute Gasteiger partial charge is 0.326 e. The molecular formula is C32H48N7+. The maximum absolute atomic E-state index is 5.84. The highest BCUT2D eigenvalue weighted by molar-refractivity contribution is 6.33. The fourth-order valence-electron chi connectivity index (χ4n) is 5.45. The second kappa shape index (κ2) is 14.1. The second-order valence-corrected chi connectivity index (χ2v) is 11.1. The summed E-state index contributed by atoms with van der Waals surface area (Å²) in [5, 5.41) is 3.62. The molecule has 0 aromatic heterocycles. The monoisotopic (exact) mass is 530 g/mol. The molecule has 2 aliphatic heterocycles. The fourth-order valence-corrected chi connectivity index (χ4v) is 5.45. The van der Waals surface area contributed by atoms with Gasteiger partial charge in [0.1, 0.15) is 5.84 Å². The lowest BCUT2D eigenvalue weighted by Crippen LogP contribution is -2.57. The molecule has 210 valence electrons. The van der Waals surface area contributed by atoms with Gasteiger partial charge in [-0.2, -0.15) is 0 Å². The van der Waals surface area contributed by atoms with Gasteiger partial charge >= 0.3 is 0 Å². The maximum Gasteiger partial charge on any atom is 0.158 e. The van der Waals surface area contributed by atoms with Crippen LogP contribution in [-0.2, 0) is 6.54 Å². The summed E-state index contributed by atoms with van der Waals surface area (Å²) in [7, 11) is 2.40. The minimum atomic E-state index is -0.0257. The predicted octanol–water partition coefficient (Wildman–Crippen LogP) is 3.82. The molecule has 7 nitrogen and oxygen atoms in total. The van der Waals surface area contributed by atoms with Crippen molar-refractivity contribution in [2.45, 2.75) is 39.5 Å². The number of amidine groups is 1. The molecule has 0 aliphatic carbocycles. The number of rotatable bonds is 11. The summed E-state index contributed by atoms with van der Waals surface area (Å²) < 4.78 is 1.16. The quantitative estimate of drug-likeness (QED) is 0.342. The van der Waals surface area contributed by atoms with Crippen molar-refractivity contribution in [3.8, 4) is 0 Å². The first kappa shape index (κ1) is 29.3. The summed E-state index contributed by atoms with van der Waals surface area (Å²) in [6.07, 6.45) is 2.02. The number of hydrogen-bond donors (Lipinski definition) is 2. The van der Waals surface area contributed by atoms with E-state index < -0.39 is 0 Å². The highest BCUT2D eigenvalue weighted by atomic mass is 15.4. The van der Waals surface area contributed by atoms with Crippen LogP contribution in [0.4, 0.5) is 0 Å². The number of nitrogens with two attached hydrogens (primary N) is 1. The number of piperazine rings is 1. The Morgan fingerprint density at radius 1 is 1.03 bits per heavy atom. The van der Waals surface area contributed by atoms with E-state index in [4.69, 9.17) is 15.7 Å². The molecule has 2 aliphatic rings. The van der Waals surface area contributed by atoms with E-state index >= 15 is 0 Å². The molecule has 0 saturated carbocycles. The second-order valence-electron chi connectivity index (χ2n) is 11.1. The van der Waals surface area contributed by atoms with E-state index in [0.29, 0.717) is 6.54 Å². The van der Waals surface area contributed by atoms with Crippen LogP contribution in [0.3, 0.4) is 0 Å². The lowest BCUT2D eigenvalue weighted by Gasteiger charge is -2.40. The first-order chi connectivity index (χ1) is 18.9. The van der Waals surface area contributed by atoms with Crippen LogP contribution in [-0.4, -0.2) is 98.1 Å². The summed E-state index contributed by atoms with van der Waals surface area (Å²) in [5.41, 5.74) is 10.8. The highest BCUT2D eigenvalue weighted by Crippen LogP contribution is 2.21. The molecule has 3 N–H and O–H groups in total. The molecule has 2 atom stereocenters. The molecule has 2 aromatic carbocycles. The summed E-state index contributed by atoms with van der Waals surface area (Å²) in [4.78, 5) is 15.3. The Morgan fingerprint density at radius 2 is 1.74 bits per heavy atom. The van der Waals surface area contributed by atoms with Crippen LogP contribution in [0.5, 0.6) is 0 Å². The Bertz CT molecular complexity index is 1120. The number of hydrogen-bond acceptors (Lipinski definition) is 6. The number of quaternary nitrogens is 1. The number of nitrogens with one attached hydrogen (secondary N) is 1. The minimum absolute atomic E-state index is 0.0257. The normalized spacial score (nSPS) is 20.9. The van der Waals surface area contributed by atoms with E-state index in [1.165, 1.54) is 32.6 Å². The third-order valence-corrected chi connectivity index (χ3v) is 8.29. The highest BCUT2D eigenvalue weighted by Gasteiger charge is 2.27. The van der Waals surface area contributed by atoms with E-state index in [9.17, 15) is 0 Å².